The van der Waals surface area contributed by atoms with E-state index in [1.165, 1.54) is 10.7 Å². The molecule has 12 nitrogen and oxygen atoms in total. The highest BCUT2D eigenvalue weighted by Gasteiger charge is 2.63. The molecule has 5 rings (SSSR count). The first-order valence-corrected chi connectivity index (χ1v) is 10.4. The quantitative estimate of drug-likeness (QED) is 0.301. The maximum atomic E-state index is 13.5. The van der Waals surface area contributed by atoms with Crippen LogP contribution in [0.5, 0.6) is 5.75 Å². The lowest BCUT2D eigenvalue weighted by Gasteiger charge is -2.48. The van der Waals surface area contributed by atoms with Crippen LogP contribution < -0.4 is 11.5 Å². The molecule has 0 bridgehead atoms. The number of Topliss-reactive ketones (excluding diaryl/α,β-unsaturated/α-hetero) is 2. The van der Waals surface area contributed by atoms with E-state index in [-0.39, 0.29) is 29.7 Å². The number of nitrogens with two attached hydrogens (primary N) is 2. The first-order valence-electron chi connectivity index (χ1n) is 10.4. The third-order valence-electron chi connectivity index (χ3n) is 7.01. The normalized spacial score (nSPS) is 28.5. The Bertz CT molecular complexity index is 1370. The van der Waals surface area contributed by atoms with Crippen LogP contribution >= 0.6 is 0 Å². The first-order chi connectivity index (χ1) is 16.0. The van der Waals surface area contributed by atoms with E-state index in [2.05, 4.69) is 10.3 Å². The topological polar surface area (TPSA) is 215 Å². The number of phenols is 1. The van der Waals surface area contributed by atoms with E-state index in [1.807, 2.05) is 0 Å². The number of phenolic OH excluding ortho intramolecular Hbond substituents is 1. The Hall–Kier alpha value is -4.03. The van der Waals surface area contributed by atoms with E-state index in [4.69, 9.17) is 11.5 Å². The van der Waals surface area contributed by atoms with Crippen LogP contribution in [-0.4, -0.2) is 64.5 Å². The van der Waals surface area contributed by atoms with Gasteiger partial charge in [0.05, 0.1) is 17.8 Å². The summed E-state index contributed by atoms with van der Waals surface area (Å²) in [4.78, 5) is 37.9. The summed E-state index contributed by atoms with van der Waals surface area (Å²) in [5, 5.41) is 51.6. The molecule has 0 saturated heterocycles. The van der Waals surface area contributed by atoms with Crippen molar-refractivity contribution in [1.82, 2.24) is 15.0 Å². The fourth-order valence-electron chi connectivity index (χ4n) is 5.43. The Morgan fingerprint density at radius 1 is 1.24 bits per heavy atom. The van der Waals surface area contributed by atoms with Crippen molar-refractivity contribution < 1.29 is 34.8 Å². The number of carbonyl (C=O) groups is 3. The molecule has 1 aromatic carbocycles. The van der Waals surface area contributed by atoms with Gasteiger partial charge in [0.1, 0.15) is 28.5 Å². The van der Waals surface area contributed by atoms with Crippen LogP contribution in [-0.2, 0) is 27.9 Å². The number of benzene rings is 1. The van der Waals surface area contributed by atoms with Crippen molar-refractivity contribution in [2.24, 2.45) is 30.4 Å². The molecule has 4 atom stereocenters. The van der Waals surface area contributed by atoms with Crippen LogP contribution in [0, 0.1) is 11.8 Å². The second kappa shape index (κ2) is 6.98. The number of fused-ring (bicyclic) bond motifs is 3. The molecule has 2 aromatic rings. The standard InChI is InChI=1S/C22H21N5O7/c1-27-6-11(25-26-27)8-2-3-12(28)14-9(8)4-7-5-10-16(23)18(30)15(21(24)33)20(32)22(10,34)19(31)13(7)17(14)29/h2-3,6-7,10,16,28-29,32,34H,4-5,23H2,1H3,(H2,24,33). The number of rotatable bonds is 2. The van der Waals surface area contributed by atoms with Crippen molar-refractivity contribution in [3.8, 4) is 17.0 Å². The van der Waals surface area contributed by atoms with Crippen molar-refractivity contribution in [1.29, 1.82) is 0 Å². The minimum Gasteiger partial charge on any atom is -0.508 e. The zero-order chi connectivity index (χ0) is 24.7. The molecule has 12 heteroatoms. The number of nitrogens with zero attached hydrogens (tertiary/aromatic N) is 3. The third kappa shape index (κ3) is 2.63. The third-order valence-corrected chi connectivity index (χ3v) is 7.01. The number of carbonyl (C=O) groups excluding carboxylic acids is 3. The second-order valence-electron chi connectivity index (χ2n) is 8.84. The molecule has 1 heterocycles. The lowest BCUT2D eigenvalue weighted by atomic mass is 9.57. The number of aryl methyl sites for hydroxylation is 1. The number of primary amides is 1. The van der Waals surface area contributed by atoms with Gasteiger partial charge in [-0.1, -0.05) is 5.21 Å². The number of hydrogen-bond acceptors (Lipinski definition) is 10. The van der Waals surface area contributed by atoms with Crippen molar-refractivity contribution in [2.45, 2.75) is 24.5 Å². The average Bonchev–Trinajstić information content (AvgIpc) is 3.20. The number of aliphatic hydroxyl groups is 3. The molecule has 34 heavy (non-hydrogen) atoms. The molecule has 0 spiro atoms. The Balaban J connectivity index is 1.73. The fraction of sp³-hybridized carbons (Fsp3) is 0.318. The molecule has 0 radical (unpaired) electrons. The van der Waals surface area contributed by atoms with Gasteiger partial charge in [-0.05, 0) is 36.5 Å². The van der Waals surface area contributed by atoms with Gasteiger partial charge in [0.2, 0.25) is 5.78 Å². The smallest absolute Gasteiger partial charge is 0.255 e. The summed E-state index contributed by atoms with van der Waals surface area (Å²) in [5.74, 6) is -7.45. The average molecular weight is 467 g/mol. The number of hydrogen-bond donors (Lipinski definition) is 6. The zero-order valence-corrected chi connectivity index (χ0v) is 17.9. The molecular formula is C22H21N5O7. The van der Waals surface area contributed by atoms with Crippen molar-refractivity contribution in [2.75, 3.05) is 0 Å². The van der Waals surface area contributed by atoms with Gasteiger partial charge in [0.15, 0.2) is 11.4 Å². The van der Waals surface area contributed by atoms with Gasteiger partial charge in [-0.15, -0.1) is 5.10 Å². The van der Waals surface area contributed by atoms with E-state index in [9.17, 15) is 34.8 Å². The number of aromatic nitrogens is 3. The molecule has 3 aliphatic carbocycles. The number of aromatic hydroxyl groups is 1. The van der Waals surface area contributed by atoms with Crippen LogP contribution in [0.1, 0.15) is 17.5 Å². The number of ketones is 2. The zero-order valence-electron chi connectivity index (χ0n) is 17.9. The van der Waals surface area contributed by atoms with Crippen molar-refractivity contribution >= 4 is 23.2 Å². The summed E-state index contributed by atoms with van der Waals surface area (Å²) < 4.78 is 1.49. The minimum absolute atomic E-state index is 0.0143. The summed E-state index contributed by atoms with van der Waals surface area (Å²) >= 11 is 0. The van der Waals surface area contributed by atoms with Crippen LogP contribution in [0.15, 0.2) is 35.2 Å². The molecule has 4 unspecified atom stereocenters. The van der Waals surface area contributed by atoms with Gasteiger partial charge < -0.3 is 31.9 Å². The molecule has 1 aromatic heterocycles. The SMILES string of the molecule is Cn1cc(-c2ccc(O)c3c2CC2CC4C(N)C(=O)C(C(N)=O)=C(O)C4(O)C(=O)C2=C3O)nn1. The predicted molar refractivity (Wildman–Crippen MR) is 115 cm³/mol. The van der Waals surface area contributed by atoms with Gasteiger partial charge in [0, 0.05) is 24.1 Å². The summed E-state index contributed by atoms with van der Waals surface area (Å²) in [6.45, 7) is 0. The molecule has 1 fully saturated rings. The highest BCUT2D eigenvalue weighted by molar-refractivity contribution is 6.24. The largest absolute Gasteiger partial charge is 0.508 e. The van der Waals surface area contributed by atoms with Gasteiger partial charge in [-0.2, -0.15) is 0 Å². The summed E-state index contributed by atoms with van der Waals surface area (Å²) in [6.07, 6.45) is 1.72. The van der Waals surface area contributed by atoms with Crippen LogP contribution in [0.3, 0.4) is 0 Å². The molecular weight excluding hydrogens is 446 g/mol. The van der Waals surface area contributed by atoms with Gasteiger partial charge >= 0.3 is 0 Å². The summed E-state index contributed by atoms with van der Waals surface area (Å²) in [5.41, 5.74) is 8.82. The summed E-state index contributed by atoms with van der Waals surface area (Å²) in [7, 11) is 1.68. The van der Waals surface area contributed by atoms with E-state index >= 15 is 0 Å². The molecule has 176 valence electrons. The van der Waals surface area contributed by atoms with Crippen LogP contribution in [0.25, 0.3) is 17.0 Å². The second-order valence-corrected chi connectivity index (χ2v) is 8.84. The Labute approximate surface area is 191 Å². The van der Waals surface area contributed by atoms with E-state index in [0.717, 1.165) is 0 Å². The highest BCUT2D eigenvalue weighted by Crippen LogP contribution is 2.52. The molecule has 1 amide bonds. The Morgan fingerprint density at radius 2 is 1.94 bits per heavy atom. The summed E-state index contributed by atoms with van der Waals surface area (Å²) in [6, 6.07) is 1.46. The van der Waals surface area contributed by atoms with Gasteiger partial charge in [-0.25, -0.2) is 0 Å². The first kappa shape index (κ1) is 21.8. The van der Waals surface area contributed by atoms with Crippen LogP contribution in [0.4, 0.5) is 0 Å². The van der Waals surface area contributed by atoms with Crippen LogP contribution in [0.2, 0.25) is 0 Å². The maximum Gasteiger partial charge on any atom is 0.255 e. The van der Waals surface area contributed by atoms with Gasteiger partial charge in [0.25, 0.3) is 5.91 Å². The molecule has 1 saturated carbocycles. The molecule has 8 N–H and O–H groups in total. The van der Waals surface area contributed by atoms with Crippen molar-refractivity contribution in [3.05, 3.63) is 46.4 Å². The van der Waals surface area contributed by atoms with E-state index < -0.39 is 58.0 Å². The fourth-order valence-corrected chi connectivity index (χ4v) is 5.43. The number of amides is 1. The lowest BCUT2D eigenvalue weighted by molar-refractivity contribution is -0.149. The molecule has 0 aliphatic heterocycles. The predicted octanol–water partition coefficient (Wildman–Crippen LogP) is -0.843. The number of aliphatic hydroxyl groups excluding tert-OH is 2. The minimum atomic E-state index is -2.73. The molecule has 3 aliphatic rings. The van der Waals surface area contributed by atoms with E-state index in [1.54, 1.807) is 19.3 Å². The van der Waals surface area contributed by atoms with Crippen molar-refractivity contribution in [3.63, 3.8) is 0 Å². The van der Waals surface area contributed by atoms with E-state index in [0.29, 0.717) is 16.8 Å². The Kier molecular flexibility index (Phi) is 4.48. The highest BCUT2D eigenvalue weighted by atomic mass is 16.3. The lowest BCUT2D eigenvalue weighted by Crippen LogP contribution is -2.65. The maximum absolute atomic E-state index is 13.5. The monoisotopic (exact) mass is 467 g/mol. The van der Waals surface area contributed by atoms with Gasteiger partial charge in [-0.3, -0.25) is 19.1 Å². The Morgan fingerprint density at radius 3 is 2.56 bits per heavy atom.